The van der Waals surface area contributed by atoms with Gasteiger partial charge >= 0.3 is 0 Å². The first-order chi connectivity index (χ1) is 8.81. The Morgan fingerprint density at radius 1 is 1.28 bits per heavy atom. The lowest BCUT2D eigenvalue weighted by Gasteiger charge is -2.32. The van der Waals surface area contributed by atoms with E-state index in [-0.39, 0.29) is 0 Å². The van der Waals surface area contributed by atoms with Crippen molar-refractivity contribution in [2.24, 2.45) is 5.92 Å². The molecule has 2 heterocycles. The van der Waals surface area contributed by atoms with E-state index >= 15 is 0 Å². The average Bonchev–Trinajstić information content (AvgIpc) is 3.13. The summed E-state index contributed by atoms with van der Waals surface area (Å²) in [5.74, 6) is 0.975. The van der Waals surface area contributed by atoms with Gasteiger partial charge in [-0.05, 0) is 38.1 Å². The molecule has 0 radical (unpaired) electrons. The minimum atomic E-state index is 0.714. The molecule has 1 saturated carbocycles. The molecule has 0 aromatic carbocycles. The molecular weight excluding hydrogens is 268 g/mol. The molecule has 2 aliphatic rings. The Bertz CT molecular complexity index is 385. The minimum absolute atomic E-state index is 0.714. The highest BCUT2D eigenvalue weighted by molar-refractivity contribution is 7.10. The standard InChI is InChI=1S/C12H19ClN4S/c13-12-11(15-16-18-12)8-17-5-3-10(4-6-17)14-7-9-1-2-9/h9-10,14H,1-8H2. The number of nitrogens with one attached hydrogen (secondary N) is 1. The average molecular weight is 287 g/mol. The van der Waals surface area contributed by atoms with Crippen LogP contribution in [-0.2, 0) is 6.54 Å². The van der Waals surface area contributed by atoms with Crippen molar-refractivity contribution in [3.63, 3.8) is 0 Å². The van der Waals surface area contributed by atoms with Crippen LogP contribution in [0.1, 0.15) is 31.4 Å². The molecule has 0 unspecified atom stereocenters. The van der Waals surface area contributed by atoms with Crippen LogP contribution in [0, 0.1) is 5.92 Å². The van der Waals surface area contributed by atoms with Gasteiger partial charge in [-0.25, -0.2) is 0 Å². The molecule has 1 saturated heterocycles. The van der Waals surface area contributed by atoms with Crippen LogP contribution in [-0.4, -0.2) is 40.2 Å². The van der Waals surface area contributed by atoms with Gasteiger partial charge in [0, 0.05) is 37.2 Å². The molecule has 1 aliphatic heterocycles. The van der Waals surface area contributed by atoms with E-state index in [0.717, 1.165) is 35.6 Å². The molecule has 100 valence electrons. The lowest BCUT2D eigenvalue weighted by Crippen LogP contribution is -2.42. The molecule has 0 spiro atoms. The molecule has 3 rings (SSSR count). The van der Waals surface area contributed by atoms with Gasteiger partial charge in [0.15, 0.2) is 0 Å². The molecule has 18 heavy (non-hydrogen) atoms. The number of hydrogen-bond acceptors (Lipinski definition) is 5. The summed E-state index contributed by atoms with van der Waals surface area (Å²) in [5.41, 5.74) is 0.936. The van der Waals surface area contributed by atoms with Gasteiger partial charge in [0.05, 0.1) is 0 Å². The van der Waals surface area contributed by atoms with Crippen molar-refractivity contribution in [2.75, 3.05) is 19.6 Å². The number of likely N-dealkylation sites (tertiary alicyclic amines) is 1. The van der Waals surface area contributed by atoms with E-state index in [0.29, 0.717) is 6.04 Å². The van der Waals surface area contributed by atoms with Gasteiger partial charge < -0.3 is 5.32 Å². The van der Waals surface area contributed by atoms with Crippen LogP contribution in [0.4, 0.5) is 0 Å². The molecule has 1 aromatic rings. The molecular formula is C12H19ClN4S. The maximum Gasteiger partial charge on any atom is 0.138 e. The summed E-state index contributed by atoms with van der Waals surface area (Å²) >= 11 is 7.31. The molecule has 1 aromatic heterocycles. The highest BCUT2D eigenvalue weighted by Gasteiger charge is 2.24. The molecule has 0 bridgehead atoms. The van der Waals surface area contributed by atoms with Crippen molar-refractivity contribution in [3.05, 3.63) is 10.0 Å². The number of hydrogen-bond donors (Lipinski definition) is 1. The Hall–Kier alpha value is -0.230. The van der Waals surface area contributed by atoms with Crippen molar-refractivity contribution in [1.29, 1.82) is 0 Å². The monoisotopic (exact) mass is 286 g/mol. The van der Waals surface area contributed by atoms with Gasteiger partial charge in [0.25, 0.3) is 0 Å². The SMILES string of the molecule is Clc1snnc1CN1CCC(NCC2CC2)CC1. The second-order valence-electron chi connectivity index (χ2n) is 5.40. The zero-order valence-corrected chi connectivity index (χ0v) is 12.0. The summed E-state index contributed by atoms with van der Waals surface area (Å²) in [6.45, 7) is 4.35. The van der Waals surface area contributed by atoms with E-state index < -0.39 is 0 Å². The molecule has 1 N–H and O–H groups in total. The van der Waals surface area contributed by atoms with E-state index in [9.17, 15) is 0 Å². The summed E-state index contributed by atoms with van der Waals surface area (Å²) in [6.07, 6.45) is 5.34. The summed E-state index contributed by atoms with van der Waals surface area (Å²) in [6, 6.07) is 0.714. The highest BCUT2D eigenvalue weighted by Crippen LogP contribution is 2.28. The lowest BCUT2D eigenvalue weighted by molar-refractivity contribution is 0.188. The van der Waals surface area contributed by atoms with E-state index in [1.807, 2.05) is 0 Å². The molecule has 6 heteroatoms. The normalized spacial score (nSPS) is 22.5. The summed E-state index contributed by atoms with van der Waals surface area (Å²) < 4.78 is 4.62. The molecule has 0 amide bonds. The van der Waals surface area contributed by atoms with Crippen LogP contribution >= 0.6 is 23.1 Å². The molecule has 4 nitrogen and oxygen atoms in total. The van der Waals surface area contributed by atoms with Crippen LogP contribution in [0.3, 0.4) is 0 Å². The van der Waals surface area contributed by atoms with Crippen molar-refractivity contribution in [1.82, 2.24) is 19.8 Å². The van der Waals surface area contributed by atoms with Crippen molar-refractivity contribution in [3.8, 4) is 0 Å². The molecule has 0 atom stereocenters. The van der Waals surface area contributed by atoms with Crippen LogP contribution in [0.15, 0.2) is 0 Å². The minimum Gasteiger partial charge on any atom is -0.314 e. The molecule has 1 aliphatic carbocycles. The third kappa shape index (κ3) is 3.41. The Labute approximate surface area is 117 Å². The first kappa shape index (κ1) is 12.8. The highest BCUT2D eigenvalue weighted by atomic mass is 35.5. The first-order valence-electron chi connectivity index (χ1n) is 6.73. The van der Waals surface area contributed by atoms with Gasteiger partial charge in [-0.3, -0.25) is 4.90 Å². The third-order valence-corrected chi connectivity index (χ3v) is 4.85. The summed E-state index contributed by atoms with van der Waals surface area (Å²) in [4.78, 5) is 2.43. The van der Waals surface area contributed by atoms with Crippen molar-refractivity contribution >= 4 is 23.1 Å². The van der Waals surface area contributed by atoms with Crippen LogP contribution in [0.5, 0.6) is 0 Å². The first-order valence-corrected chi connectivity index (χ1v) is 7.89. The van der Waals surface area contributed by atoms with E-state index in [1.54, 1.807) is 0 Å². The Morgan fingerprint density at radius 3 is 2.67 bits per heavy atom. The van der Waals surface area contributed by atoms with E-state index in [2.05, 4.69) is 19.8 Å². The lowest BCUT2D eigenvalue weighted by atomic mass is 10.0. The third-order valence-electron chi connectivity index (χ3n) is 3.86. The van der Waals surface area contributed by atoms with Gasteiger partial charge in [0.1, 0.15) is 10.0 Å². The second kappa shape index (κ2) is 5.82. The number of aromatic nitrogens is 2. The number of nitrogens with zero attached hydrogens (tertiary/aromatic N) is 3. The van der Waals surface area contributed by atoms with Crippen LogP contribution < -0.4 is 5.32 Å². The predicted molar refractivity (Wildman–Crippen MR) is 73.9 cm³/mol. The maximum absolute atomic E-state index is 6.03. The van der Waals surface area contributed by atoms with Gasteiger partial charge in [-0.2, -0.15) is 0 Å². The maximum atomic E-state index is 6.03. The van der Waals surface area contributed by atoms with E-state index in [4.69, 9.17) is 11.6 Å². The number of halogens is 1. The fourth-order valence-corrected chi connectivity index (χ4v) is 3.07. The number of piperidine rings is 1. The zero-order valence-electron chi connectivity index (χ0n) is 10.4. The smallest absolute Gasteiger partial charge is 0.138 e. The second-order valence-corrected chi connectivity index (χ2v) is 6.75. The van der Waals surface area contributed by atoms with Crippen LogP contribution in [0.2, 0.25) is 4.34 Å². The van der Waals surface area contributed by atoms with Crippen LogP contribution in [0.25, 0.3) is 0 Å². The molecule has 2 fully saturated rings. The Balaban J connectivity index is 1.40. The number of rotatable bonds is 5. The Kier molecular flexibility index (Phi) is 4.13. The largest absolute Gasteiger partial charge is 0.314 e. The fraction of sp³-hybridized carbons (Fsp3) is 0.833. The topological polar surface area (TPSA) is 41.1 Å². The fourth-order valence-electron chi connectivity index (χ4n) is 2.45. The van der Waals surface area contributed by atoms with Crippen molar-refractivity contribution < 1.29 is 0 Å². The van der Waals surface area contributed by atoms with E-state index in [1.165, 1.54) is 43.8 Å². The predicted octanol–water partition coefficient (Wildman–Crippen LogP) is 2.16. The van der Waals surface area contributed by atoms with Gasteiger partial charge in [-0.15, -0.1) is 5.10 Å². The van der Waals surface area contributed by atoms with Gasteiger partial charge in [-0.1, -0.05) is 16.1 Å². The van der Waals surface area contributed by atoms with Gasteiger partial charge in [0.2, 0.25) is 0 Å². The quantitative estimate of drug-likeness (QED) is 0.901. The summed E-state index contributed by atoms with van der Waals surface area (Å²) in [7, 11) is 0. The Morgan fingerprint density at radius 2 is 2.06 bits per heavy atom. The summed E-state index contributed by atoms with van der Waals surface area (Å²) in [5, 5.41) is 7.77. The van der Waals surface area contributed by atoms with Crippen molar-refractivity contribution in [2.45, 2.75) is 38.3 Å². The zero-order chi connectivity index (χ0) is 12.4.